The van der Waals surface area contributed by atoms with Crippen LogP contribution in [0, 0.1) is 11.8 Å². The fourth-order valence-corrected chi connectivity index (χ4v) is 5.50. The van der Waals surface area contributed by atoms with Crippen molar-refractivity contribution in [2.75, 3.05) is 13.7 Å². The molecule has 7 heteroatoms. The molecule has 2 aliphatic rings. The summed E-state index contributed by atoms with van der Waals surface area (Å²) in [7, 11) is 1.40. The molecule has 7 nitrogen and oxygen atoms in total. The minimum Gasteiger partial charge on any atom is -0.469 e. The lowest BCUT2D eigenvalue weighted by atomic mass is 9.89. The predicted molar refractivity (Wildman–Crippen MR) is 155 cm³/mol. The molecular formula is C33H48O7. The molecule has 6 atom stereocenters. The van der Waals surface area contributed by atoms with Crippen molar-refractivity contribution >= 4 is 11.9 Å². The monoisotopic (exact) mass is 556 g/mol. The van der Waals surface area contributed by atoms with E-state index in [4.69, 9.17) is 18.9 Å². The highest BCUT2D eigenvalue weighted by molar-refractivity contribution is 5.89. The summed E-state index contributed by atoms with van der Waals surface area (Å²) in [5.41, 5.74) is 0.504. The van der Waals surface area contributed by atoms with Crippen LogP contribution >= 0.6 is 0 Å². The van der Waals surface area contributed by atoms with Gasteiger partial charge in [0, 0.05) is 25.4 Å². The first-order valence-corrected chi connectivity index (χ1v) is 15.1. The van der Waals surface area contributed by atoms with Gasteiger partial charge in [0.25, 0.3) is 0 Å². The fraction of sp³-hybridized carbons (Fsp3) is 0.636. The Morgan fingerprint density at radius 1 is 1.12 bits per heavy atom. The average Bonchev–Trinajstić information content (AvgIpc) is 3.27. The molecule has 1 aliphatic heterocycles. The maximum absolute atomic E-state index is 12.9. The van der Waals surface area contributed by atoms with E-state index in [2.05, 4.69) is 31.2 Å². The molecule has 0 aromatic heterocycles. The number of allylic oxidation sites excluding steroid dienone is 2. The topological polar surface area (TPSA) is 91.3 Å². The van der Waals surface area contributed by atoms with Crippen LogP contribution in [0.15, 0.2) is 54.6 Å². The molecule has 1 heterocycles. The van der Waals surface area contributed by atoms with Gasteiger partial charge in [0.1, 0.15) is 6.10 Å². The smallest absolute Gasteiger partial charge is 0.338 e. The van der Waals surface area contributed by atoms with Gasteiger partial charge in [0.2, 0.25) is 0 Å². The minimum absolute atomic E-state index is 0.0904. The van der Waals surface area contributed by atoms with Crippen molar-refractivity contribution in [3.63, 3.8) is 0 Å². The quantitative estimate of drug-likeness (QED) is 0.140. The Balaban J connectivity index is 1.71. The van der Waals surface area contributed by atoms with Gasteiger partial charge < -0.3 is 24.1 Å². The molecule has 0 radical (unpaired) electrons. The van der Waals surface area contributed by atoms with Crippen LogP contribution in [0.2, 0.25) is 0 Å². The van der Waals surface area contributed by atoms with Gasteiger partial charge in [-0.2, -0.15) is 0 Å². The van der Waals surface area contributed by atoms with E-state index in [1.54, 1.807) is 12.1 Å². The number of benzene rings is 1. The molecule has 0 bridgehead atoms. The molecule has 0 amide bonds. The van der Waals surface area contributed by atoms with E-state index in [0.717, 1.165) is 64.4 Å². The second-order valence-corrected chi connectivity index (χ2v) is 10.9. The zero-order valence-corrected chi connectivity index (χ0v) is 24.2. The lowest BCUT2D eigenvalue weighted by molar-refractivity contribution is -0.179. The van der Waals surface area contributed by atoms with Crippen LogP contribution in [-0.4, -0.2) is 55.4 Å². The molecule has 0 spiro atoms. The zero-order chi connectivity index (χ0) is 28.6. The van der Waals surface area contributed by atoms with E-state index < -0.39 is 12.2 Å². The Morgan fingerprint density at radius 2 is 1.95 bits per heavy atom. The van der Waals surface area contributed by atoms with Crippen molar-refractivity contribution in [3.05, 3.63) is 60.2 Å². The molecule has 1 saturated heterocycles. The highest BCUT2D eigenvalue weighted by Gasteiger charge is 2.43. The van der Waals surface area contributed by atoms with Gasteiger partial charge in [-0.3, -0.25) is 4.79 Å². The normalized spacial score (nSPS) is 25.8. The molecular weight excluding hydrogens is 508 g/mol. The lowest BCUT2D eigenvalue weighted by Gasteiger charge is -2.27. The maximum Gasteiger partial charge on any atom is 0.338 e. The Hall–Kier alpha value is -2.48. The van der Waals surface area contributed by atoms with Crippen molar-refractivity contribution < 1.29 is 33.6 Å². The van der Waals surface area contributed by atoms with Gasteiger partial charge in [0.15, 0.2) is 6.29 Å². The summed E-state index contributed by atoms with van der Waals surface area (Å²) in [6, 6.07) is 8.99. The second-order valence-electron chi connectivity index (χ2n) is 10.9. The fourth-order valence-electron chi connectivity index (χ4n) is 5.50. The maximum atomic E-state index is 12.9. The summed E-state index contributed by atoms with van der Waals surface area (Å²) in [4.78, 5) is 24.3. The highest BCUT2D eigenvalue weighted by Crippen LogP contribution is 2.39. The molecule has 1 saturated carbocycles. The minimum atomic E-state index is -0.593. The number of carbonyl (C=O) groups excluding carboxylic acids is 2. The predicted octanol–water partition coefficient (Wildman–Crippen LogP) is 6.55. The van der Waals surface area contributed by atoms with Crippen LogP contribution in [0.25, 0.3) is 0 Å². The number of aliphatic hydroxyl groups is 1. The number of esters is 2. The van der Waals surface area contributed by atoms with E-state index in [-0.39, 0.29) is 36.2 Å². The third kappa shape index (κ3) is 10.8. The summed E-state index contributed by atoms with van der Waals surface area (Å²) in [5.74, 6) is -0.820. The number of rotatable bonds is 16. The van der Waals surface area contributed by atoms with Crippen LogP contribution in [0.4, 0.5) is 0 Å². The number of hydrogen-bond donors (Lipinski definition) is 1. The summed E-state index contributed by atoms with van der Waals surface area (Å²) in [6.07, 6.45) is 17.3. The summed E-state index contributed by atoms with van der Waals surface area (Å²) < 4.78 is 22.9. The van der Waals surface area contributed by atoms with Crippen molar-refractivity contribution in [3.8, 4) is 0 Å². The number of aliphatic hydroxyl groups excluding tert-OH is 1. The third-order valence-corrected chi connectivity index (χ3v) is 7.82. The van der Waals surface area contributed by atoms with Gasteiger partial charge in [-0.05, 0) is 63.0 Å². The highest BCUT2D eigenvalue weighted by atomic mass is 16.7. The van der Waals surface area contributed by atoms with Crippen molar-refractivity contribution in [2.24, 2.45) is 11.8 Å². The van der Waals surface area contributed by atoms with E-state index in [0.29, 0.717) is 24.8 Å². The van der Waals surface area contributed by atoms with Crippen LogP contribution in [0.3, 0.4) is 0 Å². The van der Waals surface area contributed by atoms with E-state index >= 15 is 0 Å². The summed E-state index contributed by atoms with van der Waals surface area (Å²) in [5, 5.41) is 11.0. The van der Waals surface area contributed by atoms with Gasteiger partial charge in [0.05, 0.1) is 24.9 Å². The molecule has 40 heavy (non-hydrogen) atoms. The van der Waals surface area contributed by atoms with Gasteiger partial charge in [-0.15, -0.1) is 0 Å². The first-order valence-electron chi connectivity index (χ1n) is 15.1. The van der Waals surface area contributed by atoms with Crippen molar-refractivity contribution in [1.82, 2.24) is 0 Å². The molecule has 222 valence electrons. The Kier molecular flexibility index (Phi) is 14.5. The number of carbonyl (C=O) groups is 2. The Labute approximate surface area is 239 Å². The van der Waals surface area contributed by atoms with E-state index in [1.165, 1.54) is 7.11 Å². The summed E-state index contributed by atoms with van der Waals surface area (Å²) >= 11 is 0. The van der Waals surface area contributed by atoms with Gasteiger partial charge in [-0.1, -0.05) is 68.7 Å². The van der Waals surface area contributed by atoms with Gasteiger partial charge >= 0.3 is 11.9 Å². The van der Waals surface area contributed by atoms with Crippen molar-refractivity contribution in [2.45, 2.75) is 109 Å². The number of unbranched alkanes of at least 4 members (excludes halogenated alkanes) is 3. The number of methoxy groups -OCH3 is 1. The zero-order valence-electron chi connectivity index (χ0n) is 24.2. The van der Waals surface area contributed by atoms with Crippen LogP contribution in [-0.2, 0) is 23.7 Å². The molecule has 1 aromatic rings. The first-order chi connectivity index (χ1) is 19.5. The molecule has 1 aromatic carbocycles. The molecule has 1 unspecified atom stereocenters. The molecule has 1 aliphatic carbocycles. The van der Waals surface area contributed by atoms with Gasteiger partial charge in [-0.25, -0.2) is 4.79 Å². The second kappa shape index (κ2) is 18.1. The third-order valence-electron chi connectivity index (χ3n) is 7.82. The SMILES string of the molecule is CCCCC[C@@H](C=C[C@@H]1[C@@H](CC=CCCCC(=O)OC)[C@@H](O)C[C@H]1OC(=O)c1ccccc1)OC1CCCCO1. The summed E-state index contributed by atoms with van der Waals surface area (Å²) in [6.45, 7) is 2.92. The van der Waals surface area contributed by atoms with Crippen LogP contribution in [0.1, 0.15) is 94.3 Å². The number of hydrogen-bond acceptors (Lipinski definition) is 7. The van der Waals surface area contributed by atoms with Crippen LogP contribution < -0.4 is 0 Å². The molecule has 3 rings (SSSR count). The van der Waals surface area contributed by atoms with Crippen molar-refractivity contribution in [1.29, 1.82) is 0 Å². The largest absolute Gasteiger partial charge is 0.469 e. The Bertz CT molecular complexity index is 922. The molecule has 1 N–H and O–H groups in total. The standard InChI is InChI=1S/C33H48O7/c1-3-4-8-17-26(39-32-20-13-14-23-38-32)21-22-28-27(18-11-5-6-12-19-31(35)37-2)29(34)24-30(28)40-33(36)25-15-9-7-10-16-25/h5,7,9-11,15-16,21-22,26-30,32,34H,3-4,6,8,12-14,17-20,23-24H2,1-2H3/t26-,27+,28+,29-,30+,32?/m0/s1. The van der Waals surface area contributed by atoms with E-state index in [9.17, 15) is 14.7 Å². The van der Waals surface area contributed by atoms with Crippen LogP contribution in [0.5, 0.6) is 0 Å². The first kappa shape index (κ1) is 32.0. The van der Waals surface area contributed by atoms with E-state index in [1.807, 2.05) is 18.2 Å². The number of ether oxygens (including phenoxy) is 4. The average molecular weight is 557 g/mol. The molecule has 2 fully saturated rings. The lowest BCUT2D eigenvalue weighted by Crippen LogP contribution is -2.28. The Morgan fingerprint density at radius 3 is 2.67 bits per heavy atom.